The number of furan rings is 1. The summed E-state index contributed by atoms with van der Waals surface area (Å²) in [7, 11) is 0. The Balaban J connectivity index is 1.41. The van der Waals surface area contributed by atoms with Crippen LogP contribution in [0.15, 0.2) is 33.8 Å². The van der Waals surface area contributed by atoms with Crippen LogP contribution in [0.3, 0.4) is 0 Å². The molecule has 3 aliphatic carbocycles. The van der Waals surface area contributed by atoms with Gasteiger partial charge in [0, 0.05) is 0 Å². The topological polar surface area (TPSA) is 106 Å². The molecule has 3 fully saturated rings. The average molecular weight is 327 g/mol. The lowest BCUT2D eigenvalue weighted by Crippen LogP contribution is -2.30. The van der Waals surface area contributed by atoms with Crippen molar-refractivity contribution in [3.63, 3.8) is 0 Å². The van der Waals surface area contributed by atoms with Crippen LogP contribution in [0.1, 0.15) is 18.6 Å². The highest BCUT2D eigenvalue weighted by atomic mass is 16.6. The zero-order chi connectivity index (χ0) is 16.6. The maximum absolute atomic E-state index is 12.7. The summed E-state index contributed by atoms with van der Waals surface area (Å²) in [5.74, 6) is -1.15. The first-order valence-electron chi connectivity index (χ1n) is 7.87. The monoisotopic (exact) mass is 327 g/mol. The van der Waals surface area contributed by atoms with Crippen molar-refractivity contribution >= 4 is 23.9 Å². The van der Waals surface area contributed by atoms with E-state index in [4.69, 9.17) is 4.42 Å². The van der Waals surface area contributed by atoms with E-state index in [9.17, 15) is 19.7 Å². The van der Waals surface area contributed by atoms with Gasteiger partial charge in [0.15, 0.2) is 5.76 Å². The first-order chi connectivity index (χ1) is 11.5. The number of hydrazone groups is 1. The number of hydrogen-bond acceptors (Lipinski definition) is 6. The van der Waals surface area contributed by atoms with Crippen molar-refractivity contribution < 1.29 is 18.9 Å². The van der Waals surface area contributed by atoms with Gasteiger partial charge in [-0.2, -0.15) is 10.1 Å². The van der Waals surface area contributed by atoms with E-state index in [1.54, 1.807) is 0 Å². The second kappa shape index (κ2) is 4.19. The third-order valence-corrected chi connectivity index (χ3v) is 5.92. The average Bonchev–Trinajstić information content (AvgIpc) is 2.84. The highest BCUT2D eigenvalue weighted by Gasteiger charge is 2.73. The minimum Gasteiger partial charge on any atom is -0.400 e. The molecule has 1 aliphatic heterocycles. The summed E-state index contributed by atoms with van der Waals surface area (Å²) >= 11 is 0. The molecule has 2 amide bonds. The summed E-state index contributed by atoms with van der Waals surface area (Å²) in [4.78, 5) is 35.3. The Morgan fingerprint density at radius 3 is 2.33 bits per heavy atom. The quantitative estimate of drug-likeness (QED) is 0.276. The Hall–Kier alpha value is -2.77. The van der Waals surface area contributed by atoms with Gasteiger partial charge in [0.25, 0.3) is 11.8 Å². The van der Waals surface area contributed by atoms with Crippen LogP contribution in [0.25, 0.3) is 0 Å². The summed E-state index contributed by atoms with van der Waals surface area (Å²) < 4.78 is 4.96. The largest absolute Gasteiger partial charge is 0.433 e. The van der Waals surface area contributed by atoms with Gasteiger partial charge in [-0.05, 0) is 36.2 Å². The number of carbonyl (C=O) groups excluding carboxylic acids is 2. The molecule has 2 saturated carbocycles. The van der Waals surface area contributed by atoms with Gasteiger partial charge in [-0.3, -0.25) is 19.7 Å². The Labute approximate surface area is 135 Å². The molecule has 2 bridgehead atoms. The van der Waals surface area contributed by atoms with Crippen LogP contribution in [0.2, 0.25) is 0 Å². The fourth-order valence-electron chi connectivity index (χ4n) is 4.80. The van der Waals surface area contributed by atoms with Crippen molar-refractivity contribution in [1.29, 1.82) is 0 Å². The minimum atomic E-state index is -0.660. The normalized spacial score (nSPS) is 34.8. The van der Waals surface area contributed by atoms with E-state index in [0.29, 0.717) is 0 Å². The first kappa shape index (κ1) is 13.6. The van der Waals surface area contributed by atoms with Crippen LogP contribution in [-0.2, 0) is 9.59 Å². The summed E-state index contributed by atoms with van der Waals surface area (Å²) in [5, 5.41) is 15.4. The number of rotatable bonds is 3. The predicted molar refractivity (Wildman–Crippen MR) is 79.6 cm³/mol. The maximum Gasteiger partial charge on any atom is 0.433 e. The Kier molecular flexibility index (Phi) is 2.39. The van der Waals surface area contributed by atoms with Gasteiger partial charge in [-0.25, -0.2) is 0 Å². The number of imide groups is 1. The Morgan fingerprint density at radius 2 is 1.83 bits per heavy atom. The molecule has 4 atom stereocenters. The van der Waals surface area contributed by atoms with Gasteiger partial charge >= 0.3 is 5.88 Å². The molecule has 122 valence electrons. The van der Waals surface area contributed by atoms with Gasteiger partial charge < -0.3 is 4.42 Å². The molecule has 24 heavy (non-hydrogen) atoms. The second-order valence-electron chi connectivity index (χ2n) is 6.89. The van der Waals surface area contributed by atoms with Crippen LogP contribution < -0.4 is 0 Å². The lowest BCUT2D eigenvalue weighted by molar-refractivity contribution is -0.402. The van der Waals surface area contributed by atoms with Gasteiger partial charge in [-0.15, -0.1) is 0 Å². The molecule has 8 nitrogen and oxygen atoms in total. The fourth-order valence-corrected chi connectivity index (χ4v) is 4.80. The molecule has 0 radical (unpaired) electrons. The van der Waals surface area contributed by atoms with E-state index in [0.717, 1.165) is 17.9 Å². The number of hydrogen-bond donors (Lipinski definition) is 0. The predicted octanol–water partition coefficient (Wildman–Crippen LogP) is 1.72. The number of nitrogens with zero attached hydrogens (tertiary/aromatic N) is 3. The van der Waals surface area contributed by atoms with Gasteiger partial charge in [0.2, 0.25) is 0 Å². The van der Waals surface area contributed by atoms with Crippen LogP contribution >= 0.6 is 0 Å². The molecular weight excluding hydrogens is 314 g/mol. The number of amides is 2. The number of nitro groups is 1. The van der Waals surface area contributed by atoms with Crippen LogP contribution in [0.4, 0.5) is 5.88 Å². The zero-order valence-corrected chi connectivity index (χ0v) is 12.5. The van der Waals surface area contributed by atoms with Crippen LogP contribution in [0, 0.1) is 39.2 Å². The molecule has 5 rings (SSSR count). The van der Waals surface area contributed by atoms with E-state index in [1.165, 1.54) is 18.3 Å². The Bertz CT molecular complexity index is 816. The van der Waals surface area contributed by atoms with Crippen LogP contribution in [-0.4, -0.2) is 28.0 Å². The molecule has 0 unspecified atom stereocenters. The molecule has 8 heteroatoms. The lowest BCUT2D eigenvalue weighted by atomic mass is 9.85. The molecule has 1 saturated heterocycles. The molecule has 1 spiro atoms. The van der Waals surface area contributed by atoms with Crippen molar-refractivity contribution in [1.82, 2.24) is 5.01 Å². The van der Waals surface area contributed by atoms with Crippen molar-refractivity contribution in [2.24, 2.45) is 34.2 Å². The third-order valence-electron chi connectivity index (χ3n) is 5.92. The third kappa shape index (κ3) is 1.50. The summed E-state index contributed by atoms with van der Waals surface area (Å²) in [6, 6.07) is 2.57. The van der Waals surface area contributed by atoms with Crippen molar-refractivity contribution in [3.05, 3.63) is 40.2 Å². The van der Waals surface area contributed by atoms with Gasteiger partial charge in [0.1, 0.15) is 4.92 Å². The van der Waals surface area contributed by atoms with E-state index in [1.807, 2.05) is 0 Å². The summed E-state index contributed by atoms with van der Waals surface area (Å²) in [5.41, 5.74) is 0.151. The van der Waals surface area contributed by atoms with Crippen molar-refractivity contribution in [3.8, 4) is 0 Å². The number of carbonyl (C=O) groups is 2. The molecular formula is C16H13N3O5. The number of allylic oxidation sites excluding steroid dienone is 2. The van der Waals surface area contributed by atoms with E-state index >= 15 is 0 Å². The van der Waals surface area contributed by atoms with E-state index in [2.05, 4.69) is 17.3 Å². The fraction of sp³-hybridized carbons (Fsp3) is 0.438. The molecule has 0 N–H and O–H groups in total. The first-order valence-corrected chi connectivity index (χ1v) is 7.87. The molecule has 2 heterocycles. The lowest BCUT2D eigenvalue weighted by Gasteiger charge is -2.18. The molecule has 1 aromatic rings. The smallest absolute Gasteiger partial charge is 0.400 e. The zero-order valence-electron chi connectivity index (χ0n) is 12.5. The minimum absolute atomic E-state index is 0.124. The molecule has 1 aromatic heterocycles. The highest BCUT2D eigenvalue weighted by Crippen LogP contribution is 2.73. The Morgan fingerprint density at radius 1 is 1.21 bits per heavy atom. The van der Waals surface area contributed by atoms with Gasteiger partial charge in [-0.1, -0.05) is 12.2 Å². The standard InChI is InChI=1S/C16H13N3O5/c20-14-12-9-2-3-10(16(9)5-6-16)13(12)15(21)18(14)17-7-8-1-4-11(24-8)19(22)23/h1-4,7,9-10,12-13H,5-6H2/b17-7-/t9-,10+,12-,13+. The second-order valence-corrected chi connectivity index (χ2v) is 6.89. The van der Waals surface area contributed by atoms with Gasteiger partial charge in [0.05, 0.1) is 24.1 Å². The molecule has 4 aliphatic rings. The SMILES string of the molecule is O=C1[C@@H]2[C@H](C(=O)N1/N=C\c1ccc([N+](=O)[O-])o1)[C@H]1C=C[C@@H]2C12CC2. The molecule has 0 aromatic carbocycles. The maximum atomic E-state index is 12.7. The number of fused-ring (bicyclic) bond motifs is 3. The van der Waals surface area contributed by atoms with Crippen molar-refractivity contribution in [2.45, 2.75) is 12.8 Å². The summed E-state index contributed by atoms with van der Waals surface area (Å²) in [6.07, 6.45) is 7.52. The summed E-state index contributed by atoms with van der Waals surface area (Å²) in [6.45, 7) is 0. The highest BCUT2D eigenvalue weighted by molar-refractivity contribution is 6.07. The van der Waals surface area contributed by atoms with Crippen molar-refractivity contribution in [2.75, 3.05) is 0 Å². The van der Waals surface area contributed by atoms with Crippen LogP contribution in [0.5, 0.6) is 0 Å². The van der Waals surface area contributed by atoms with E-state index < -0.39 is 10.8 Å². The van der Waals surface area contributed by atoms with E-state index in [-0.39, 0.29) is 46.7 Å².